The Morgan fingerprint density at radius 1 is 1.39 bits per heavy atom. The molecule has 0 spiro atoms. The molecule has 0 radical (unpaired) electrons. The summed E-state index contributed by atoms with van der Waals surface area (Å²) in [5, 5.41) is 10.4. The van der Waals surface area contributed by atoms with E-state index >= 15 is 0 Å². The van der Waals surface area contributed by atoms with Gasteiger partial charge in [0.2, 0.25) is 5.28 Å². The largest absolute Gasteiger partial charge is 0.395 e. The number of hydrogen-bond acceptors (Lipinski definition) is 5. The first-order chi connectivity index (χ1) is 8.69. The van der Waals surface area contributed by atoms with Crippen LogP contribution in [-0.4, -0.2) is 34.8 Å². The average Bonchev–Trinajstić information content (AvgIpc) is 2.77. The van der Waals surface area contributed by atoms with E-state index in [2.05, 4.69) is 23.0 Å². The molecule has 0 bridgehead atoms. The maximum Gasteiger partial charge on any atom is 0.225 e. The minimum atomic E-state index is 0.0989. The van der Waals surface area contributed by atoms with Crippen LogP contribution in [0.5, 0.6) is 0 Å². The molecule has 2 aromatic rings. The molecule has 98 valence electrons. The van der Waals surface area contributed by atoms with Gasteiger partial charge in [-0.15, -0.1) is 11.3 Å². The van der Waals surface area contributed by atoms with Gasteiger partial charge < -0.3 is 10.0 Å². The minimum Gasteiger partial charge on any atom is -0.395 e. The zero-order chi connectivity index (χ0) is 13.1. The van der Waals surface area contributed by atoms with Gasteiger partial charge in [0.25, 0.3) is 0 Å². The Hall–Kier alpha value is -0.910. The van der Waals surface area contributed by atoms with Gasteiger partial charge in [-0.1, -0.05) is 6.92 Å². The summed E-state index contributed by atoms with van der Waals surface area (Å²) >= 11 is 7.62. The van der Waals surface area contributed by atoms with E-state index in [1.54, 1.807) is 11.3 Å². The SMILES string of the molecule is CCc1cc2c(N(CC)CCO)nc(Cl)nc2s1. The van der Waals surface area contributed by atoms with Crippen molar-refractivity contribution in [3.8, 4) is 0 Å². The summed E-state index contributed by atoms with van der Waals surface area (Å²) in [7, 11) is 0. The third-order valence-corrected chi connectivity index (χ3v) is 4.14. The first kappa shape index (κ1) is 13.5. The highest BCUT2D eigenvalue weighted by molar-refractivity contribution is 7.18. The monoisotopic (exact) mass is 285 g/mol. The van der Waals surface area contributed by atoms with Crippen molar-refractivity contribution in [3.05, 3.63) is 16.2 Å². The van der Waals surface area contributed by atoms with Crippen LogP contribution in [0.25, 0.3) is 10.2 Å². The van der Waals surface area contributed by atoms with Crippen molar-refractivity contribution in [1.29, 1.82) is 0 Å². The molecule has 0 amide bonds. The Bertz CT molecular complexity index is 543. The number of aromatic nitrogens is 2. The van der Waals surface area contributed by atoms with Crippen molar-refractivity contribution in [1.82, 2.24) is 9.97 Å². The number of aryl methyl sites for hydroxylation is 1. The zero-order valence-electron chi connectivity index (χ0n) is 10.5. The minimum absolute atomic E-state index is 0.0989. The van der Waals surface area contributed by atoms with E-state index in [0.29, 0.717) is 6.54 Å². The second-order valence-electron chi connectivity index (χ2n) is 3.90. The lowest BCUT2D eigenvalue weighted by molar-refractivity contribution is 0.302. The standard InChI is InChI=1S/C12H16ClN3OS/c1-3-8-7-9-10(16(4-2)5-6-17)14-12(13)15-11(9)18-8/h7,17H,3-6H2,1-2H3. The predicted molar refractivity (Wildman–Crippen MR) is 76.8 cm³/mol. The summed E-state index contributed by atoms with van der Waals surface area (Å²) in [4.78, 5) is 12.8. The van der Waals surface area contributed by atoms with Gasteiger partial charge in [-0.3, -0.25) is 0 Å². The molecule has 0 saturated carbocycles. The van der Waals surface area contributed by atoms with E-state index in [1.165, 1.54) is 4.88 Å². The molecule has 4 nitrogen and oxygen atoms in total. The molecular weight excluding hydrogens is 270 g/mol. The van der Waals surface area contributed by atoms with E-state index in [4.69, 9.17) is 16.7 Å². The van der Waals surface area contributed by atoms with Crippen LogP contribution in [0.4, 0.5) is 5.82 Å². The highest BCUT2D eigenvalue weighted by atomic mass is 35.5. The van der Waals surface area contributed by atoms with Crippen molar-refractivity contribution in [3.63, 3.8) is 0 Å². The first-order valence-corrected chi connectivity index (χ1v) is 7.20. The summed E-state index contributed by atoms with van der Waals surface area (Å²) in [5.74, 6) is 0.817. The van der Waals surface area contributed by atoms with Crippen LogP contribution >= 0.6 is 22.9 Å². The number of likely N-dealkylation sites (N-methyl/N-ethyl adjacent to an activating group) is 1. The molecule has 0 fully saturated rings. The Morgan fingerprint density at radius 3 is 2.78 bits per heavy atom. The number of aliphatic hydroxyl groups is 1. The van der Waals surface area contributed by atoms with E-state index in [0.717, 1.165) is 29.0 Å². The lowest BCUT2D eigenvalue weighted by atomic mass is 10.3. The van der Waals surface area contributed by atoms with Crippen LogP contribution in [0.2, 0.25) is 5.28 Å². The number of anilines is 1. The molecule has 0 aliphatic heterocycles. The third-order valence-electron chi connectivity index (χ3n) is 2.80. The maximum absolute atomic E-state index is 9.11. The third kappa shape index (κ3) is 2.58. The molecule has 2 aromatic heterocycles. The van der Waals surface area contributed by atoms with Gasteiger partial charge in [0.05, 0.1) is 12.0 Å². The molecule has 0 atom stereocenters. The molecule has 18 heavy (non-hydrogen) atoms. The Balaban J connectivity index is 2.56. The summed E-state index contributed by atoms with van der Waals surface area (Å²) in [6.45, 7) is 5.58. The van der Waals surface area contributed by atoms with Gasteiger partial charge in [0.1, 0.15) is 10.6 Å². The van der Waals surface area contributed by atoms with Gasteiger partial charge in [-0.2, -0.15) is 4.98 Å². The number of halogens is 1. The Morgan fingerprint density at radius 2 is 2.17 bits per heavy atom. The van der Waals surface area contributed by atoms with Crippen LogP contribution in [0, 0.1) is 0 Å². The fourth-order valence-corrected chi connectivity index (χ4v) is 3.06. The number of fused-ring (bicyclic) bond motifs is 1. The molecule has 0 aliphatic carbocycles. The summed E-state index contributed by atoms with van der Waals surface area (Å²) in [5.41, 5.74) is 0. The number of rotatable bonds is 5. The van der Waals surface area contributed by atoms with Gasteiger partial charge >= 0.3 is 0 Å². The molecule has 0 saturated heterocycles. The zero-order valence-corrected chi connectivity index (χ0v) is 12.1. The Kier molecular flexibility index (Phi) is 4.37. The summed E-state index contributed by atoms with van der Waals surface area (Å²) in [6.07, 6.45) is 0.976. The fraction of sp³-hybridized carbons (Fsp3) is 0.500. The van der Waals surface area contributed by atoms with Crippen LogP contribution in [0.3, 0.4) is 0 Å². The van der Waals surface area contributed by atoms with Gasteiger partial charge in [-0.25, -0.2) is 4.98 Å². The fourth-order valence-electron chi connectivity index (χ4n) is 1.88. The number of thiophene rings is 1. The van der Waals surface area contributed by atoms with Crippen molar-refractivity contribution in [2.75, 3.05) is 24.6 Å². The van der Waals surface area contributed by atoms with Gasteiger partial charge in [0, 0.05) is 18.0 Å². The van der Waals surface area contributed by atoms with Crippen LogP contribution < -0.4 is 4.90 Å². The van der Waals surface area contributed by atoms with Crippen molar-refractivity contribution in [2.45, 2.75) is 20.3 Å². The second kappa shape index (κ2) is 5.82. The summed E-state index contributed by atoms with van der Waals surface area (Å²) < 4.78 is 0. The van der Waals surface area contributed by atoms with Crippen LogP contribution in [0.1, 0.15) is 18.7 Å². The van der Waals surface area contributed by atoms with Crippen molar-refractivity contribution in [2.24, 2.45) is 0 Å². The molecule has 2 rings (SSSR count). The topological polar surface area (TPSA) is 49.2 Å². The van der Waals surface area contributed by atoms with E-state index in [1.807, 2.05) is 11.8 Å². The molecule has 2 heterocycles. The summed E-state index contributed by atoms with van der Waals surface area (Å²) in [6, 6.07) is 2.12. The van der Waals surface area contributed by atoms with E-state index in [9.17, 15) is 0 Å². The molecule has 6 heteroatoms. The lowest BCUT2D eigenvalue weighted by Crippen LogP contribution is -2.27. The first-order valence-electron chi connectivity index (χ1n) is 6.01. The quantitative estimate of drug-likeness (QED) is 0.858. The number of hydrogen-bond donors (Lipinski definition) is 1. The molecular formula is C12H16ClN3OS. The second-order valence-corrected chi connectivity index (χ2v) is 5.36. The highest BCUT2D eigenvalue weighted by Gasteiger charge is 2.15. The molecule has 1 N–H and O–H groups in total. The lowest BCUT2D eigenvalue weighted by Gasteiger charge is -2.21. The molecule has 0 aliphatic rings. The Labute approximate surface area is 115 Å². The molecule has 0 unspecified atom stereocenters. The van der Waals surface area contributed by atoms with Crippen molar-refractivity contribution < 1.29 is 5.11 Å². The molecule has 0 aromatic carbocycles. The van der Waals surface area contributed by atoms with Crippen LogP contribution in [0.15, 0.2) is 6.07 Å². The number of nitrogens with zero attached hydrogens (tertiary/aromatic N) is 3. The average molecular weight is 286 g/mol. The predicted octanol–water partition coefficient (Wildman–Crippen LogP) is 2.73. The smallest absolute Gasteiger partial charge is 0.225 e. The van der Waals surface area contributed by atoms with E-state index in [-0.39, 0.29) is 11.9 Å². The maximum atomic E-state index is 9.11. The highest BCUT2D eigenvalue weighted by Crippen LogP contribution is 2.32. The van der Waals surface area contributed by atoms with Gasteiger partial charge in [0.15, 0.2) is 0 Å². The van der Waals surface area contributed by atoms with Crippen molar-refractivity contribution >= 4 is 39.0 Å². The van der Waals surface area contributed by atoms with E-state index < -0.39 is 0 Å². The number of aliphatic hydroxyl groups excluding tert-OH is 1. The van der Waals surface area contributed by atoms with Crippen LogP contribution in [-0.2, 0) is 6.42 Å². The van der Waals surface area contributed by atoms with Gasteiger partial charge in [-0.05, 0) is 31.0 Å². The normalized spacial score (nSPS) is 11.1.